The molecule has 3 N–H and O–H groups in total. The van der Waals surface area contributed by atoms with Gasteiger partial charge in [-0.25, -0.2) is 14.4 Å². The standard InChI is InChI=1S/C11H8FN5O3/c12-6-4-7(9(13)8(5-6)17(19)20)10(18)16-11-14-2-1-3-15-11/h1-5H,13H2,(H,14,15,16,18). The lowest BCUT2D eigenvalue weighted by Gasteiger charge is -2.06. The number of nitro groups is 1. The van der Waals surface area contributed by atoms with Crippen LogP contribution in [0.5, 0.6) is 0 Å². The summed E-state index contributed by atoms with van der Waals surface area (Å²) in [6, 6.07) is 2.99. The molecule has 0 saturated heterocycles. The van der Waals surface area contributed by atoms with Gasteiger partial charge in [0.25, 0.3) is 11.6 Å². The van der Waals surface area contributed by atoms with Crippen LogP contribution in [-0.2, 0) is 0 Å². The zero-order valence-corrected chi connectivity index (χ0v) is 9.91. The normalized spacial score (nSPS) is 10.1. The van der Waals surface area contributed by atoms with Gasteiger partial charge in [0.15, 0.2) is 0 Å². The smallest absolute Gasteiger partial charge is 0.295 e. The Bertz CT molecular complexity index is 677. The Morgan fingerprint density at radius 2 is 2.00 bits per heavy atom. The fourth-order valence-electron chi connectivity index (χ4n) is 1.48. The molecule has 0 aliphatic heterocycles. The number of hydrogen-bond donors (Lipinski definition) is 2. The number of carbonyl (C=O) groups is 1. The number of nitrogens with zero attached hydrogens (tertiary/aromatic N) is 3. The van der Waals surface area contributed by atoms with E-state index in [1.165, 1.54) is 18.5 Å². The summed E-state index contributed by atoms with van der Waals surface area (Å²) in [6.07, 6.45) is 2.78. The lowest BCUT2D eigenvalue weighted by molar-refractivity contribution is -0.384. The van der Waals surface area contributed by atoms with Gasteiger partial charge in [-0.3, -0.25) is 20.2 Å². The van der Waals surface area contributed by atoms with E-state index in [0.29, 0.717) is 6.07 Å². The summed E-state index contributed by atoms with van der Waals surface area (Å²) in [5.74, 6) is -1.80. The van der Waals surface area contributed by atoms with Gasteiger partial charge in [-0.1, -0.05) is 0 Å². The number of nitro benzene ring substituents is 1. The molecule has 102 valence electrons. The van der Waals surface area contributed by atoms with Crippen molar-refractivity contribution in [3.05, 3.63) is 52.1 Å². The molecule has 1 heterocycles. The van der Waals surface area contributed by atoms with E-state index >= 15 is 0 Å². The number of benzene rings is 1. The number of anilines is 2. The summed E-state index contributed by atoms with van der Waals surface area (Å²) in [7, 11) is 0. The fraction of sp³-hybridized carbons (Fsp3) is 0. The summed E-state index contributed by atoms with van der Waals surface area (Å²) >= 11 is 0. The maximum absolute atomic E-state index is 13.3. The third kappa shape index (κ3) is 2.66. The number of aromatic nitrogens is 2. The Morgan fingerprint density at radius 3 is 2.60 bits per heavy atom. The van der Waals surface area contributed by atoms with Gasteiger partial charge in [0.1, 0.15) is 11.5 Å². The topological polar surface area (TPSA) is 124 Å². The molecular weight excluding hydrogens is 269 g/mol. The quantitative estimate of drug-likeness (QED) is 0.495. The molecule has 20 heavy (non-hydrogen) atoms. The highest BCUT2D eigenvalue weighted by molar-refractivity contribution is 6.08. The number of rotatable bonds is 3. The van der Waals surface area contributed by atoms with Crippen molar-refractivity contribution in [2.24, 2.45) is 0 Å². The molecule has 1 aromatic carbocycles. The first kappa shape index (κ1) is 13.3. The first-order valence-electron chi connectivity index (χ1n) is 5.31. The van der Waals surface area contributed by atoms with Crippen LogP contribution in [-0.4, -0.2) is 20.8 Å². The van der Waals surface area contributed by atoms with Crippen molar-refractivity contribution >= 4 is 23.2 Å². The largest absolute Gasteiger partial charge is 0.393 e. The lowest BCUT2D eigenvalue weighted by Crippen LogP contribution is -2.17. The van der Waals surface area contributed by atoms with E-state index in [0.717, 1.165) is 6.07 Å². The zero-order valence-electron chi connectivity index (χ0n) is 9.91. The summed E-state index contributed by atoms with van der Waals surface area (Å²) in [6.45, 7) is 0. The van der Waals surface area contributed by atoms with Crippen LogP contribution in [0.25, 0.3) is 0 Å². The van der Waals surface area contributed by atoms with Crippen LogP contribution in [0.1, 0.15) is 10.4 Å². The van der Waals surface area contributed by atoms with Gasteiger partial charge >= 0.3 is 0 Å². The first-order valence-corrected chi connectivity index (χ1v) is 5.31. The van der Waals surface area contributed by atoms with E-state index in [9.17, 15) is 19.3 Å². The van der Waals surface area contributed by atoms with Crippen molar-refractivity contribution in [3.63, 3.8) is 0 Å². The summed E-state index contributed by atoms with van der Waals surface area (Å²) in [5.41, 5.74) is 4.04. The number of nitrogens with two attached hydrogens (primary N) is 1. The second kappa shape index (κ2) is 5.26. The number of nitrogens with one attached hydrogen (secondary N) is 1. The van der Waals surface area contributed by atoms with Crippen molar-refractivity contribution in [2.45, 2.75) is 0 Å². The summed E-state index contributed by atoms with van der Waals surface area (Å²) < 4.78 is 13.3. The van der Waals surface area contributed by atoms with Gasteiger partial charge in [-0.05, 0) is 12.1 Å². The van der Waals surface area contributed by atoms with Crippen molar-refractivity contribution in [1.29, 1.82) is 0 Å². The molecule has 0 atom stereocenters. The average Bonchev–Trinajstić information content (AvgIpc) is 2.41. The van der Waals surface area contributed by atoms with Gasteiger partial charge in [0, 0.05) is 12.4 Å². The molecule has 8 nitrogen and oxygen atoms in total. The Morgan fingerprint density at radius 1 is 1.35 bits per heavy atom. The number of nitrogen functional groups attached to an aromatic ring is 1. The minimum Gasteiger partial charge on any atom is -0.393 e. The summed E-state index contributed by atoms with van der Waals surface area (Å²) in [5, 5.41) is 13.0. The van der Waals surface area contributed by atoms with Crippen LogP contribution in [0, 0.1) is 15.9 Å². The number of amides is 1. The Balaban J connectivity index is 2.37. The van der Waals surface area contributed by atoms with E-state index in [2.05, 4.69) is 15.3 Å². The molecule has 0 radical (unpaired) electrons. The second-order valence-corrected chi connectivity index (χ2v) is 3.67. The molecule has 1 amide bonds. The highest BCUT2D eigenvalue weighted by atomic mass is 19.1. The SMILES string of the molecule is Nc1c(C(=O)Nc2ncccn2)cc(F)cc1[N+](=O)[O-]. The third-order valence-electron chi connectivity index (χ3n) is 2.36. The molecular formula is C11H8FN5O3. The zero-order chi connectivity index (χ0) is 14.7. The van der Waals surface area contributed by atoms with Crippen LogP contribution in [0.4, 0.5) is 21.7 Å². The van der Waals surface area contributed by atoms with Gasteiger partial charge in [0.2, 0.25) is 5.95 Å². The highest BCUT2D eigenvalue weighted by Gasteiger charge is 2.22. The molecule has 0 unspecified atom stereocenters. The van der Waals surface area contributed by atoms with E-state index in [1.54, 1.807) is 0 Å². The molecule has 0 fully saturated rings. The molecule has 0 aliphatic rings. The maximum atomic E-state index is 13.3. The fourth-order valence-corrected chi connectivity index (χ4v) is 1.48. The van der Waals surface area contributed by atoms with Crippen molar-refractivity contribution < 1.29 is 14.1 Å². The monoisotopic (exact) mass is 277 g/mol. The van der Waals surface area contributed by atoms with Crippen molar-refractivity contribution in [3.8, 4) is 0 Å². The first-order chi connectivity index (χ1) is 9.49. The van der Waals surface area contributed by atoms with E-state index in [4.69, 9.17) is 5.73 Å². The predicted octanol–water partition coefficient (Wildman–Crippen LogP) is 1.36. The minimum absolute atomic E-state index is 0.0242. The Hall–Kier alpha value is -3.10. The van der Waals surface area contributed by atoms with Crippen LogP contribution in [0.2, 0.25) is 0 Å². The van der Waals surface area contributed by atoms with Gasteiger partial charge in [-0.2, -0.15) is 0 Å². The van der Waals surface area contributed by atoms with Crippen LogP contribution in [0.3, 0.4) is 0 Å². The van der Waals surface area contributed by atoms with E-state index < -0.39 is 28.0 Å². The molecule has 2 aromatic rings. The van der Waals surface area contributed by atoms with Crippen LogP contribution >= 0.6 is 0 Å². The maximum Gasteiger partial charge on any atom is 0.295 e. The molecule has 1 aromatic heterocycles. The molecule has 2 rings (SSSR count). The third-order valence-corrected chi connectivity index (χ3v) is 2.36. The molecule has 0 saturated carbocycles. The molecule has 0 spiro atoms. The van der Waals surface area contributed by atoms with Gasteiger partial charge < -0.3 is 5.73 Å². The predicted molar refractivity (Wildman–Crippen MR) is 67.5 cm³/mol. The van der Waals surface area contributed by atoms with Crippen LogP contribution in [0.15, 0.2) is 30.6 Å². The highest BCUT2D eigenvalue weighted by Crippen LogP contribution is 2.27. The van der Waals surface area contributed by atoms with Gasteiger partial charge in [0.05, 0.1) is 16.6 Å². The van der Waals surface area contributed by atoms with Crippen molar-refractivity contribution in [1.82, 2.24) is 9.97 Å². The van der Waals surface area contributed by atoms with Gasteiger partial charge in [-0.15, -0.1) is 0 Å². The number of hydrogen-bond acceptors (Lipinski definition) is 6. The number of halogens is 1. The van der Waals surface area contributed by atoms with E-state index in [1.807, 2.05) is 0 Å². The number of carbonyl (C=O) groups excluding carboxylic acids is 1. The minimum atomic E-state index is -0.940. The van der Waals surface area contributed by atoms with E-state index in [-0.39, 0.29) is 11.5 Å². The molecule has 0 aliphatic carbocycles. The molecule has 9 heteroatoms. The van der Waals surface area contributed by atoms with Crippen molar-refractivity contribution in [2.75, 3.05) is 11.1 Å². The Kier molecular flexibility index (Phi) is 3.51. The second-order valence-electron chi connectivity index (χ2n) is 3.67. The summed E-state index contributed by atoms with van der Waals surface area (Å²) in [4.78, 5) is 29.2. The lowest BCUT2D eigenvalue weighted by atomic mass is 10.1. The Labute approximate surface area is 111 Å². The molecule has 0 bridgehead atoms. The average molecular weight is 277 g/mol. The van der Waals surface area contributed by atoms with Crippen LogP contribution < -0.4 is 11.1 Å².